The smallest absolute Gasteiger partial charge is 0.294 e. The topological polar surface area (TPSA) is 73.6 Å². The van der Waals surface area contributed by atoms with Crippen molar-refractivity contribution in [2.24, 2.45) is 4.99 Å². The lowest BCUT2D eigenvalue weighted by molar-refractivity contribution is -0.384. The Morgan fingerprint density at radius 1 is 1.10 bits per heavy atom. The lowest BCUT2D eigenvalue weighted by atomic mass is 10.0. The van der Waals surface area contributed by atoms with E-state index in [2.05, 4.69) is 37.0 Å². The molecule has 2 aromatic heterocycles. The summed E-state index contributed by atoms with van der Waals surface area (Å²) in [4.78, 5) is 16.3. The van der Waals surface area contributed by atoms with E-state index in [1.807, 2.05) is 22.1 Å². The van der Waals surface area contributed by atoms with Crippen LogP contribution >= 0.6 is 11.3 Å². The van der Waals surface area contributed by atoms with Gasteiger partial charge in [0, 0.05) is 11.4 Å². The molecule has 0 unspecified atom stereocenters. The van der Waals surface area contributed by atoms with E-state index in [-0.39, 0.29) is 5.69 Å². The zero-order valence-corrected chi connectivity index (χ0v) is 16.8. The number of rotatable bonds is 5. The van der Waals surface area contributed by atoms with Gasteiger partial charge in [0.05, 0.1) is 23.4 Å². The van der Waals surface area contributed by atoms with E-state index < -0.39 is 4.92 Å². The van der Waals surface area contributed by atoms with Gasteiger partial charge < -0.3 is 8.98 Å². The summed E-state index contributed by atoms with van der Waals surface area (Å²) in [6.07, 6.45) is 1.64. The number of nitro benzene ring substituents is 1. The van der Waals surface area contributed by atoms with Gasteiger partial charge in [0.25, 0.3) is 5.69 Å². The zero-order valence-electron chi connectivity index (χ0n) is 16.0. The Bertz CT molecular complexity index is 1240. The first-order valence-electron chi connectivity index (χ1n) is 9.09. The number of furan rings is 1. The van der Waals surface area contributed by atoms with Crippen LogP contribution in [0.25, 0.3) is 11.3 Å². The Balaban J connectivity index is 1.90. The number of aryl methyl sites for hydroxylation is 2. The van der Waals surface area contributed by atoms with Crippen LogP contribution in [0.15, 0.2) is 75.7 Å². The summed E-state index contributed by atoms with van der Waals surface area (Å²) in [5.74, 6) is 0.789. The van der Waals surface area contributed by atoms with Crippen molar-refractivity contribution in [3.63, 3.8) is 0 Å². The number of nitro groups is 1. The third-order valence-corrected chi connectivity index (χ3v) is 5.65. The van der Waals surface area contributed by atoms with Gasteiger partial charge >= 0.3 is 0 Å². The molecule has 29 heavy (non-hydrogen) atoms. The minimum Gasteiger partial charge on any atom is -0.467 e. The lowest BCUT2D eigenvalue weighted by Crippen LogP contribution is -2.16. The highest BCUT2D eigenvalue weighted by molar-refractivity contribution is 7.07. The number of nitrogens with zero attached hydrogens (tertiary/aromatic N) is 3. The molecule has 2 aromatic carbocycles. The van der Waals surface area contributed by atoms with Gasteiger partial charge in [-0.2, -0.15) is 0 Å². The molecule has 146 valence electrons. The van der Waals surface area contributed by atoms with Crippen LogP contribution in [0.5, 0.6) is 0 Å². The van der Waals surface area contributed by atoms with Crippen LogP contribution in [0.4, 0.5) is 11.4 Å². The number of thiazole rings is 1. The average molecular weight is 405 g/mol. The first-order valence-corrected chi connectivity index (χ1v) is 9.97. The van der Waals surface area contributed by atoms with Crippen molar-refractivity contribution in [1.29, 1.82) is 0 Å². The second-order valence-electron chi connectivity index (χ2n) is 6.73. The fourth-order valence-corrected chi connectivity index (χ4v) is 4.00. The van der Waals surface area contributed by atoms with Crippen molar-refractivity contribution in [3.8, 4) is 11.3 Å². The molecular weight excluding hydrogens is 386 g/mol. The number of aromatic nitrogens is 1. The van der Waals surface area contributed by atoms with Gasteiger partial charge in [-0.25, -0.2) is 4.99 Å². The highest BCUT2D eigenvalue weighted by Gasteiger charge is 2.14. The minimum absolute atomic E-state index is 0.0156. The summed E-state index contributed by atoms with van der Waals surface area (Å²) in [6, 6.07) is 16.6. The first-order chi connectivity index (χ1) is 14.0. The highest BCUT2D eigenvalue weighted by atomic mass is 32.1. The molecule has 0 bridgehead atoms. The number of para-hydroxylation sites is 2. The molecule has 0 aliphatic heterocycles. The highest BCUT2D eigenvalue weighted by Crippen LogP contribution is 2.27. The summed E-state index contributed by atoms with van der Waals surface area (Å²) >= 11 is 1.45. The molecule has 0 saturated carbocycles. The fraction of sp³-hybridized carbons (Fsp3) is 0.136. The molecule has 0 aliphatic carbocycles. The Morgan fingerprint density at radius 2 is 1.93 bits per heavy atom. The van der Waals surface area contributed by atoms with Crippen molar-refractivity contribution in [2.75, 3.05) is 0 Å². The standard InChI is InChI=1S/C22H19N3O3S/c1-15-9-10-17(12-16(15)2)21-14-29-22(24(21)13-18-6-5-11-28-18)23-19-7-3-4-8-20(19)25(26)27/h3-12,14H,13H2,1-2H3. The first kappa shape index (κ1) is 18.9. The second kappa shape index (κ2) is 7.89. The van der Waals surface area contributed by atoms with E-state index in [0.717, 1.165) is 17.0 Å². The van der Waals surface area contributed by atoms with E-state index in [0.29, 0.717) is 17.0 Å². The van der Waals surface area contributed by atoms with Gasteiger partial charge in [0.15, 0.2) is 4.80 Å². The van der Waals surface area contributed by atoms with Crippen molar-refractivity contribution in [2.45, 2.75) is 20.4 Å². The molecule has 0 saturated heterocycles. The van der Waals surface area contributed by atoms with Crippen molar-refractivity contribution in [1.82, 2.24) is 4.57 Å². The maximum absolute atomic E-state index is 11.4. The Labute approximate surface area is 171 Å². The molecule has 4 aromatic rings. The van der Waals surface area contributed by atoms with Crippen LogP contribution in [-0.2, 0) is 6.54 Å². The minimum atomic E-state index is -0.409. The molecule has 0 aliphatic rings. The van der Waals surface area contributed by atoms with Crippen LogP contribution in [0.2, 0.25) is 0 Å². The second-order valence-corrected chi connectivity index (χ2v) is 7.56. The van der Waals surface area contributed by atoms with E-state index in [4.69, 9.17) is 4.42 Å². The molecule has 0 fully saturated rings. The van der Waals surface area contributed by atoms with Crippen molar-refractivity contribution < 1.29 is 9.34 Å². The molecule has 0 spiro atoms. The zero-order chi connectivity index (χ0) is 20.4. The third kappa shape index (κ3) is 3.90. The van der Waals surface area contributed by atoms with Gasteiger partial charge in [-0.1, -0.05) is 24.3 Å². The quantitative estimate of drug-likeness (QED) is 0.320. The van der Waals surface area contributed by atoms with Gasteiger partial charge in [-0.3, -0.25) is 10.1 Å². The average Bonchev–Trinajstić information content (AvgIpc) is 3.35. The molecule has 0 atom stereocenters. The largest absolute Gasteiger partial charge is 0.467 e. The van der Waals surface area contributed by atoms with E-state index in [1.54, 1.807) is 24.5 Å². The molecule has 0 amide bonds. The fourth-order valence-electron chi connectivity index (χ4n) is 3.08. The third-order valence-electron chi connectivity index (χ3n) is 4.79. The van der Waals surface area contributed by atoms with Gasteiger partial charge in [-0.05, 0) is 54.8 Å². The monoisotopic (exact) mass is 405 g/mol. The van der Waals surface area contributed by atoms with Gasteiger partial charge in [-0.15, -0.1) is 11.3 Å². The summed E-state index contributed by atoms with van der Waals surface area (Å²) in [6.45, 7) is 4.65. The van der Waals surface area contributed by atoms with Gasteiger partial charge in [0.2, 0.25) is 0 Å². The predicted molar refractivity (Wildman–Crippen MR) is 113 cm³/mol. The molecule has 6 nitrogen and oxygen atoms in total. The summed E-state index contributed by atoms with van der Waals surface area (Å²) in [7, 11) is 0. The number of hydrogen-bond donors (Lipinski definition) is 0. The summed E-state index contributed by atoms with van der Waals surface area (Å²) < 4.78 is 7.57. The molecule has 0 N–H and O–H groups in total. The predicted octanol–water partition coefficient (Wildman–Crippen LogP) is 5.62. The Kier molecular flexibility index (Phi) is 5.14. The lowest BCUT2D eigenvalue weighted by Gasteiger charge is -2.09. The van der Waals surface area contributed by atoms with Crippen molar-refractivity contribution >= 4 is 22.7 Å². The maximum Gasteiger partial charge on any atom is 0.294 e. The molecular formula is C22H19N3O3S. The van der Waals surface area contributed by atoms with Crippen LogP contribution in [0.1, 0.15) is 16.9 Å². The molecule has 4 rings (SSSR count). The molecule has 7 heteroatoms. The van der Waals surface area contributed by atoms with E-state index in [9.17, 15) is 10.1 Å². The molecule has 0 radical (unpaired) electrons. The van der Waals surface area contributed by atoms with Crippen molar-refractivity contribution in [3.05, 3.63) is 98.0 Å². The maximum atomic E-state index is 11.4. The van der Waals surface area contributed by atoms with Crippen LogP contribution in [-0.4, -0.2) is 9.49 Å². The van der Waals surface area contributed by atoms with Crippen LogP contribution in [0, 0.1) is 24.0 Å². The van der Waals surface area contributed by atoms with Crippen LogP contribution in [0.3, 0.4) is 0 Å². The number of benzene rings is 2. The van der Waals surface area contributed by atoms with Gasteiger partial charge in [0.1, 0.15) is 11.4 Å². The Morgan fingerprint density at radius 3 is 2.66 bits per heavy atom. The number of hydrogen-bond acceptors (Lipinski definition) is 5. The molecule has 2 heterocycles. The van der Waals surface area contributed by atoms with E-state index >= 15 is 0 Å². The summed E-state index contributed by atoms with van der Waals surface area (Å²) in [5, 5.41) is 13.4. The normalized spacial score (nSPS) is 11.7. The Hall–Kier alpha value is -3.45. The SMILES string of the molecule is Cc1ccc(-c2csc(=Nc3ccccc3[N+](=O)[O-])n2Cc2ccco2)cc1C. The summed E-state index contributed by atoms with van der Waals surface area (Å²) in [5.41, 5.74) is 4.81. The van der Waals surface area contributed by atoms with E-state index in [1.165, 1.54) is 28.5 Å². The van der Waals surface area contributed by atoms with Crippen LogP contribution < -0.4 is 4.80 Å².